The zero-order valence-electron chi connectivity index (χ0n) is 14.6. The second-order valence-corrected chi connectivity index (χ2v) is 6.83. The van der Waals surface area contributed by atoms with Crippen molar-refractivity contribution in [2.45, 2.75) is 19.3 Å². The third kappa shape index (κ3) is 2.36. The van der Waals surface area contributed by atoms with Gasteiger partial charge in [0, 0.05) is 40.9 Å². The number of allylic oxidation sites excluding steroid dienone is 4. The largest absolute Gasteiger partial charge is 0.313 e. The van der Waals surface area contributed by atoms with E-state index in [1.54, 1.807) is 0 Å². The molecule has 126 valence electrons. The van der Waals surface area contributed by atoms with Gasteiger partial charge >= 0.3 is 0 Å². The van der Waals surface area contributed by atoms with Crippen molar-refractivity contribution >= 4 is 11.4 Å². The Hall–Kier alpha value is -3.20. The Morgan fingerprint density at radius 3 is 2.54 bits per heavy atom. The highest BCUT2D eigenvalue weighted by Crippen LogP contribution is 2.50. The number of benzene rings is 2. The van der Waals surface area contributed by atoms with E-state index in [-0.39, 0.29) is 0 Å². The minimum Gasteiger partial charge on any atom is -0.313 e. The van der Waals surface area contributed by atoms with Gasteiger partial charge in [0.1, 0.15) is 0 Å². The van der Waals surface area contributed by atoms with Gasteiger partial charge in [-0.25, -0.2) is 9.97 Å². The SMILES string of the molecule is Cc1cnc(-c2ccc(N3C4=CC=CCC4c4ccccc43)cc2)nc1. The highest BCUT2D eigenvalue weighted by molar-refractivity contribution is 5.79. The second-order valence-electron chi connectivity index (χ2n) is 6.83. The van der Waals surface area contributed by atoms with Crippen LogP contribution in [0.15, 0.2) is 84.8 Å². The van der Waals surface area contributed by atoms with Gasteiger partial charge in [-0.1, -0.05) is 30.4 Å². The molecule has 0 fully saturated rings. The Kier molecular flexibility index (Phi) is 3.45. The number of aryl methyl sites for hydroxylation is 1. The molecule has 0 radical (unpaired) electrons. The molecule has 3 aromatic rings. The summed E-state index contributed by atoms with van der Waals surface area (Å²) in [4.78, 5) is 11.2. The van der Waals surface area contributed by atoms with Crippen molar-refractivity contribution in [1.82, 2.24) is 9.97 Å². The van der Waals surface area contributed by atoms with Crippen LogP contribution in [0.2, 0.25) is 0 Å². The molecule has 2 aromatic carbocycles. The van der Waals surface area contributed by atoms with Gasteiger partial charge in [-0.3, -0.25) is 0 Å². The molecular formula is C23H19N3. The molecule has 2 heterocycles. The van der Waals surface area contributed by atoms with Crippen molar-refractivity contribution in [3.8, 4) is 11.4 Å². The number of anilines is 2. The van der Waals surface area contributed by atoms with E-state index in [9.17, 15) is 0 Å². The molecule has 1 aromatic heterocycles. The van der Waals surface area contributed by atoms with Crippen molar-refractivity contribution < 1.29 is 0 Å². The van der Waals surface area contributed by atoms with Crippen LogP contribution < -0.4 is 4.90 Å². The second kappa shape index (κ2) is 5.95. The predicted molar refractivity (Wildman–Crippen MR) is 105 cm³/mol. The molecule has 3 nitrogen and oxygen atoms in total. The molecule has 0 spiro atoms. The molecule has 1 unspecified atom stereocenters. The standard InChI is InChI=1S/C23H19N3/c1-16-14-24-23(25-15-16)17-10-12-18(13-11-17)26-21-8-4-2-6-19(21)20-7-3-5-9-22(20)26/h2-6,8-15,20H,7H2,1H3. The number of aromatic nitrogens is 2. The van der Waals surface area contributed by atoms with Gasteiger partial charge < -0.3 is 4.90 Å². The summed E-state index contributed by atoms with van der Waals surface area (Å²) in [6.45, 7) is 2.00. The van der Waals surface area contributed by atoms with E-state index in [0.29, 0.717) is 5.92 Å². The average molecular weight is 337 g/mol. The molecule has 1 atom stereocenters. The van der Waals surface area contributed by atoms with Gasteiger partial charge in [-0.2, -0.15) is 0 Å². The van der Waals surface area contributed by atoms with Gasteiger partial charge in [-0.15, -0.1) is 0 Å². The van der Waals surface area contributed by atoms with E-state index in [1.807, 2.05) is 19.3 Å². The van der Waals surface area contributed by atoms with E-state index >= 15 is 0 Å². The summed E-state index contributed by atoms with van der Waals surface area (Å²) in [5, 5.41) is 0. The molecule has 3 heteroatoms. The van der Waals surface area contributed by atoms with Crippen LogP contribution in [0, 0.1) is 6.92 Å². The maximum Gasteiger partial charge on any atom is 0.159 e. The van der Waals surface area contributed by atoms with E-state index in [1.165, 1.54) is 22.6 Å². The molecule has 0 saturated carbocycles. The lowest BCUT2D eigenvalue weighted by Gasteiger charge is -2.24. The molecule has 0 amide bonds. The summed E-state index contributed by atoms with van der Waals surface area (Å²) in [5.41, 5.74) is 7.34. The van der Waals surface area contributed by atoms with Gasteiger partial charge in [-0.05, 0) is 60.9 Å². The van der Waals surface area contributed by atoms with E-state index in [0.717, 1.165) is 23.4 Å². The molecule has 5 rings (SSSR count). The maximum absolute atomic E-state index is 4.43. The van der Waals surface area contributed by atoms with Crippen LogP contribution in [-0.2, 0) is 0 Å². The molecule has 2 aliphatic rings. The zero-order valence-corrected chi connectivity index (χ0v) is 14.6. The first-order chi connectivity index (χ1) is 12.8. The fourth-order valence-corrected chi connectivity index (χ4v) is 3.85. The molecule has 1 aliphatic carbocycles. The first-order valence-corrected chi connectivity index (χ1v) is 8.96. The highest BCUT2D eigenvalue weighted by Gasteiger charge is 2.34. The van der Waals surface area contributed by atoms with Crippen molar-refractivity contribution in [1.29, 1.82) is 0 Å². The average Bonchev–Trinajstić information content (AvgIpc) is 3.03. The molecule has 26 heavy (non-hydrogen) atoms. The van der Waals surface area contributed by atoms with Gasteiger partial charge in [0.15, 0.2) is 5.82 Å². The van der Waals surface area contributed by atoms with E-state index < -0.39 is 0 Å². The normalized spacial score (nSPS) is 17.7. The Bertz CT molecular complexity index is 1010. The quantitative estimate of drug-likeness (QED) is 0.615. The van der Waals surface area contributed by atoms with Gasteiger partial charge in [0.2, 0.25) is 0 Å². The van der Waals surface area contributed by atoms with Crippen molar-refractivity contribution in [3.05, 3.63) is 96.0 Å². The third-order valence-electron chi connectivity index (χ3n) is 5.11. The number of fused-ring (bicyclic) bond motifs is 3. The third-order valence-corrected chi connectivity index (χ3v) is 5.11. The van der Waals surface area contributed by atoms with Crippen LogP contribution in [0.3, 0.4) is 0 Å². The summed E-state index contributed by atoms with van der Waals surface area (Å²) in [5.74, 6) is 1.22. The lowest BCUT2D eigenvalue weighted by molar-refractivity contribution is 0.819. The monoisotopic (exact) mass is 337 g/mol. The van der Waals surface area contributed by atoms with Crippen LogP contribution in [-0.4, -0.2) is 9.97 Å². The summed E-state index contributed by atoms with van der Waals surface area (Å²) >= 11 is 0. The lowest BCUT2D eigenvalue weighted by atomic mass is 9.92. The first kappa shape index (κ1) is 15.1. The van der Waals surface area contributed by atoms with Crippen molar-refractivity contribution in [2.24, 2.45) is 0 Å². The molecule has 0 bridgehead atoms. The summed E-state index contributed by atoms with van der Waals surface area (Å²) < 4.78 is 0. The van der Waals surface area contributed by atoms with Gasteiger partial charge in [0.05, 0.1) is 0 Å². The van der Waals surface area contributed by atoms with Gasteiger partial charge in [0.25, 0.3) is 0 Å². The lowest BCUT2D eigenvalue weighted by Crippen LogP contribution is -2.14. The first-order valence-electron chi connectivity index (χ1n) is 8.96. The summed E-state index contributed by atoms with van der Waals surface area (Å²) in [6, 6.07) is 17.3. The van der Waals surface area contributed by atoms with Crippen LogP contribution in [0.25, 0.3) is 11.4 Å². The minimum absolute atomic E-state index is 0.455. The maximum atomic E-state index is 4.43. The van der Waals surface area contributed by atoms with Crippen molar-refractivity contribution in [3.63, 3.8) is 0 Å². The Morgan fingerprint density at radius 1 is 0.962 bits per heavy atom. The number of hydrogen-bond acceptors (Lipinski definition) is 3. The number of nitrogens with zero attached hydrogens (tertiary/aromatic N) is 3. The van der Waals surface area contributed by atoms with Crippen LogP contribution in [0.1, 0.15) is 23.5 Å². The Morgan fingerprint density at radius 2 is 1.73 bits per heavy atom. The highest BCUT2D eigenvalue weighted by atomic mass is 15.2. The molecule has 0 saturated heterocycles. The smallest absolute Gasteiger partial charge is 0.159 e. The molecule has 1 aliphatic heterocycles. The Balaban J connectivity index is 1.56. The summed E-state index contributed by atoms with van der Waals surface area (Å²) in [6.07, 6.45) is 11.4. The van der Waals surface area contributed by atoms with E-state index in [2.05, 4.69) is 81.6 Å². The fraction of sp³-hybridized carbons (Fsp3) is 0.130. The van der Waals surface area contributed by atoms with Crippen LogP contribution >= 0.6 is 0 Å². The molecular weight excluding hydrogens is 318 g/mol. The van der Waals surface area contributed by atoms with Crippen LogP contribution in [0.5, 0.6) is 0 Å². The summed E-state index contributed by atoms with van der Waals surface area (Å²) in [7, 11) is 0. The number of para-hydroxylation sites is 1. The predicted octanol–water partition coefficient (Wildman–Crippen LogP) is 5.53. The van der Waals surface area contributed by atoms with Crippen LogP contribution in [0.4, 0.5) is 11.4 Å². The van der Waals surface area contributed by atoms with E-state index in [4.69, 9.17) is 0 Å². The topological polar surface area (TPSA) is 29.0 Å². The fourth-order valence-electron chi connectivity index (χ4n) is 3.85. The minimum atomic E-state index is 0.455. The zero-order chi connectivity index (χ0) is 17.5. The molecule has 0 N–H and O–H groups in total. The number of rotatable bonds is 2. The van der Waals surface area contributed by atoms with Crippen molar-refractivity contribution in [2.75, 3.05) is 4.90 Å². The number of hydrogen-bond donors (Lipinski definition) is 0. The Labute approximate surface area is 153 Å².